The van der Waals surface area contributed by atoms with Gasteiger partial charge in [-0.1, -0.05) is 0 Å². The standard InChI is InChI=1S/C20H22FN5O3/c1-13-15(19(27)25(2)9-10-28-3)12-23-26(13)20-22-8-7-17(24-20)14-5-6-18(29-4)16(21)11-14/h5-8,11-12H,9-10H2,1-4H3. The average Bonchev–Trinajstić information content (AvgIpc) is 3.12. The van der Waals surface area contributed by atoms with E-state index in [2.05, 4.69) is 15.1 Å². The Labute approximate surface area is 167 Å². The fraction of sp³-hybridized carbons (Fsp3) is 0.300. The molecule has 152 valence electrons. The van der Waals surface area contributed by atoms with Crippen LogP contribution >= 0.6 is 0 Å². The monoisotopic (exact) mass is 399 g/mol. The quantitative estimate of drug-likeness (QED) is 0.607. The van der Waals surface area contributed by atoms with Crippen LogP contribution in [0.15, 0.2) is 36.7 Å². The minimum Gasteiger partial charge on any atom is -0.494 e. The number of aromatic nitrogens is 4. The van der Waals surface area contributed by atoms with Gasteiger partial charge in [0.1, 0.15) is 0 Å². The molecule has 3 rings (SSSR count). The summed E-state index contributed by atoms with van der Waals surface area (Å²) in [6.45, 7) is 2.68. The molecule has 0 fully saturated rings. The van der Waals surface area contributed by atoms with Gasteiger partial charge in [0.25, 0.3) is 11.9 Å². The van der Waals surface area contributed by atoms with E-state index in [4.69, 9.17) is 9.47 Å². The number of hydrogen-bond donors (Lipinski definition) is 0. The van der Waals surface area contributed by atoms with Gasteiger partial charge in [-0.2, -0.15) is 5.10 Å². The first-order valence-electron chi connectivity index (χ1n) is 8.92. The van der Waals surface area contributed by atoms with Gasteiger partial charge in [0.2, 0.25) is 0 Å². The number of halogens is 1. The number of rotatable bonds is 7. The molecule has 0 saturated carbocycles. The Morgan fingerprint density at radius 3 is 2.76 bits per heavy atom. The summed E-state index contributed by atoms with van der Waals surface area (Å²) in [6.07, 6.45) is 3.05. The number of amides is 1. The molecule has 1 amide bonds. The van der Waals surface area contributed by atoms with Gasteiger partial charge >= 0.3 is 0 Å². The van der Waals surface area contributed by atoms with Gasteiger partial charge in [0.15, 0.2) is 11.6 Å². The second-order valence-electron chi connectivity index (χ2n) is 6.37. The van der Waals surface area contributed by atoms with Crippen LogP contribution in [0, 0.1) is 12.7 Å². The van der Waals surface area contributed by atoms with Crippen molar-refractivity contribution in [3.8, 4) is 23.0 Å². The maximum absolute atomic E-state index is 14.0. The summed E-state index contributed by atoms with van der Waals surface area (Å²) in [6, 6.07) is 6.27. The Hall–Kier alpha value is -3.33. The van der Waals surface area contributed by atoms with Crippen LogP contribution in [0.1, 0.15) is 16.1 Å². The number of nitrogens with zero attached hydrogens (tertiary/aromatic N) is 5. The molecule has 0 spiro atoms. The van der Waals surface area contributed by atoms with Crippen LogP contribution in [-0.4, -0.2) is 65.0 Å². The lowest BCUT2D eigenvalue weighted by Crippen LogP contribution is -2.30. The number of carbonyl (C=O) groups is 1. The van der Waals surface area contributed by atoms with Crippen LogP contribution in [0.25, 0.3) is 17.2 Å². The maximum Gasteiger partial charge on any atom is 0.257 e. The van der Waals surface area contributed by atoms with Gasteiger partial charge in [-0.3, -0.25) is 4.79 Å². The molecule has 0 aliphatic rings. The first-order chi connectivity index (χ1) is 14.0. The highest BCUT2D eigenvalue weighted by Crippen LogP contribution is 2.24. The number of methoxy groups -OCH3 is 2. The van der Waals surface area contributed by atoms with Crippen molar-refractivity contribution in [2.24, 2.45) is 0 Å². The van der Waals surface area contributed by atoms with Gasteiger partial charge in [-0.15, -0.1) is 0 Å². The lowest BCUT2D eigenvalue weighted by Gasteiger charge is -2.16. The molecule has 9 heteroatoms. The van der Waals surface area contributed by atoms with Gasteiger partial charge < -0.3 is 14.4 Å². The highest BCUT2D eigenvalue weighted by Gasteiger charge is 2.20. The molecule has 3 aromatic rings. The molecular weight excluding hydrogens is 377 g/mol. The highest BCUT2D eigenvalue weighted by molar-refractivity contribution is 5.95. The van der Waals surface area contributed by atoms with E-state index in [0.717, 1.165) is 0 Å². The van der Waals surface area contributed by atoms with E-state index in [0.29, 0.717) is 35.7 Å². The highest BCUT2D eigenvalue weighted by atomic mass is 19.1. The van der Waals surface area contributed by atoms with Crippen molar-refractivity contribution in [1.82, 2.24) is 24.6 Å². The summed E-state index contributed by atoms with van der Waals surface area (Å²) < 4.78 is 25.5. The Morgan fingerprint density at radius 1 is 1.28 bits per heavy atom. The summed E-state index contributed by atoms with van der Waals surface area (Å²) in [4.78, 5) is 22.9. The smallest absolute Gasteiger partial charge is 0.257 e. The van der Waals surface area contributed by atoms with E-state index in [1.165, 1.54) is 30.1 Å². The van der Waals surface area contributed by atoms with Crippen molar-refractivity contribution < 1.29 is 18.7 Å². The molecule has 0 atom stereocenters. The van der Waals surface area contributed by atoms with Crippen molar-refractivity contribution in [3.05, 3.63) is 53.7 Å². The molecule has 2 heterocycles. The van der Waals surface area contributed by atoms with Crippen LogP contribution in [-0.2, 0) is 4.74 Å². The average molecular weight is 399 g/mol. The molecule has 0 radical (unpaired) electrons. The third kappa shape index (κ3) is 4.24. The van der Waals surface area contributed by atoms with E-state index in [-0.39, 0.29) is 17.6 Å². The summed E-state index contributed by atoms with van der Waals surface area (Å²) in [7, 11) is 4.70. The summed E-state index contributed by atoms with van der Waals surface area (Å²) >= 11 is 0. The van der Waals surface area contributed by atoms with Gasteiger partial charge in [0.05, 0.1) is 36.9 Å². The fourth-order valence-electron chi connectivity index (χ4n) is 2.79. The van der Waals surface area contributed by atoms with Gasteiger partial charge in [-0.05, 0) is 31.2 Å². The molecule has 0 aliphatic heterocycles. The normalized spacial score (nSPS) is 10.8. The minimum atomic E-state index is -0.479. The molecule has 0 saturated heterocycles. The van der Waals surface area contributed by atoms with Crippen molar-refractivity contribution >= 4 is 5.91 Å². The Kier molecular flexibility index (Phi) is 6.18. The van der Waals surface area contributed by atoms with Gasteiger partial charge in [0, 0.05) is 32.5 Å². The third-order valence-corrected chi connectivity index (χ3v) is 4.50. The third-order valence-electron chi connectivity index (χ3n) is 4.50. The van der Waals surface area contributed by atoms with Crippen molar-refractivity contribution in [1.29, 1.82) is 0 Å². The minimum absolute atomic E-state index is 0.159. The van der Waals surface area contributed by atoms with Crippen LogP contribution < -0.4 is 4.74 Å². The van der Waals surface area contributed by atoms with Crippen molar-refractivity contribution in [2.45, 2.75) is 6.92 Å². The molecule has 29 heavy (non-hydrogen) atoms. The van der Waals surface area contributed by atoms with Crippen LogP contribution in [0.2, 0.25) is 0 Å². The molecule has 0 aliphatic carbocycles. The van der Waals surface area contributed by atoms with E-state index >= 15 is 0 Å². The zero-order valence-electron chi connectivity index (χ0n) is 16.7. The van der Waals surface area contributed by atoms with Crippen LogP contribution in [0.4, 0.5) is 4.39 Å². The Morgan fingerprint density at radius 2 is 2.07 bits per heavy atom. The number of hydrogen-bond acceptors (Lipinski definition) is 6. The molecule has 8 nitrogen and oxygen atoms in total. The van der Waals surface area contributed by atoms with E-state index in [9.17, 15) is 9.18 Å². The van der Waals surface area contributed by atoms with Crippen LogP contribution in [0.5, 0.6) is 5.75 Å². The fourth-order valence-corrected chi connectivity index (χ4v) is 2.79. The molecule has 2 aromatic heterocycles. The van der Waals surface area contributed by atoms with E-state index in [1.54, 1.807) is 44.3 Å². The molecular formula is C20H22FN5O3. The first kappa shape index (κ1) is 20.4. The summed E-state index contributed by atoms with van der Waals surface area (Å²) in [5.74, 6) is -0.201. The topological polar surface area (TPSA) is 82.4 Å². The molecule has 0 N–H and O–H groups in total. The number of ether oxygens (including phenoxy) is 2. The molecule has 1 aromatic carbocycles. The SMILES string of the molecule is COCCN(C)C(=O)c1cnn(-c2nccc(-c3ccc(OC)c(F)c3)n2)c1C. The number of carbonyl (C=O) groups excluding carboxylic acids is 1. The van der Waals surface area contributed by atoms with E-state index < -0.39 is 5.82 Å². The summed E-state index contributed by atoms with van der Waals surface area (Å²) in [5, 5.41) is 4.27. The lowest BCUT2D eigenvalue weighted by atomic mass is 10.1. The summed E-state index contributed by atoms with van der Waals surface area (Å²) in [5.41, 5.74) is 2.16. The predicted molar refractivity (Wildman–Crippen MR) is 105 cm³/mol. The predicted octanol–water partition coefficient (Wildman–Crippen LogP) is 2.50. The lowest BCUT2D eigenvalue weighted by molar-refractivity contribution is 0.0743. The first-order valence-corrected chi connectivity index (χ1v) is 8.92. The Balaban J connectivity index is 1.91. The second kappa shape index (κ2) is 8.78. The number of likely N-dealkylation sites (N-methyl/N-ethyl adjacent to an activating group) is 1. The molecule has 0 unspecified atom stereocenters. The Bertz CT molecular complexity index is 1020. The largest absolute Gasteiger partial charge is 0.494 e. The zero-order valence-corrected chi connectivity index (χ0v) is 16.7. The zero-order chi connectivity index (χ0) is 21.0. The van der Waals surface area contributed by atoms with Crippen molar-refractivity contribution in [3.63, 3.8) is 0 Å². The maximum atomic E-state index is 14.0. The molecule has 0 bridgehead atoms. The number of benzene rings is 1. The van der Waals surface area contributed by atoms with E-state index in [1.807, 2.05) is 0 Å². The van der Waals surface area contributed by atoms with Crippen molar-refractivity contribution in [2.75, 3.05) is 34.4 Å². The second-order valence-corrected chi connectivity index (χ2v) is 6.37. The van der Waals surface area contributed by atoms with Crippen LogP contribution in [0.3, 0.4) is 0 Å². The van der Waals surface area contributed by atoms with Gasteiger partial charge in [-0.25, -0.2) is 19.0 Å².